The van der Waals surface area contributed by atoms with Crippen LogP contribution < -0.4 is 4.74 Å². The maximum atomic E-state index is 12.3. The predicted molar refractivity (Wildman–Crippen MR) is 78.7 cm³/mol. The number of rotatable bonds is 3. The average molecular weight is 339 g/mol. The van der Waals surface area contributed by atoms with Crippen LogP contribution in [0.3, 0.4) is 0 Å². The van der Waals surface area contributed by atoms with Gasteiger partial charge in [0.2, 0.25) is 0 Å². The second-order valence-electron chi connectivity index (χ2n) is 4.58. The third-order valence-corrected chi connectivity index (χ3v) is 4.02. The zero-order chi connectivity index (χ0) is 16.6. The van der Waals surface area contributed by atoms with Crippen LogP contribution in [0, 0.1) is 0 Å². The van der Waals surface area contributed by atoms with Gasteiger partial charge in [0.25, 0.3) is 0 Å². The number of hydrogen-bond acceptors (Lipinski definition) is 4. The van der Waals surface area contributed by atoms with Crippen LogP contribution in [0.5, 0.6) is 5.75 Å². The van der Waals surface area contributed by atoms with Gasteiger partial charge in [-0.25, -0.2) is 9.78 Å². The van der Waals surface area contributed by atoms with Gasteiger partial charge in [0.05, 0.1) is 15.8 Å². The summed E-state index contributed by atoms with van der Waals surface area (Å²) in [4.78, 5) is 15.3. The van der Waals surface area contributed by atoms with Gasteiger partial charge in [-0.05, 0) is 30.3 Å². The number of alkyl halides is 3. The smallest absolute Gasteiger partial charge is 0.478 e. The second-order valence-corrected chi connectivity index (χ2v) is 5.61. The molecule has 1 N–H and O–H groups in total. The normalized spacial score (nSPS) is 11.6. The number of carboxylic acids is 1. The minimum Gasteiger partial charge on any atom is -0.478 e. The van der Waals surface area contributed by atoms with E-state index in [9.17, 15) is 18.0 Å². The first kappa shape index (κ1) is 15.3. The molecule has 0 atom stereocenters. The van der Waals surface area contributed by atoms with Crippen molar-refractivity contribution in [2.24, 2.45) is 0 Å². The molecule has 4 nitrogen and oxygen atoms in total. The first-order valence-electron chi connectivity index (χ1n) is 6.32. The van der Waals surface area contributed by atoms with Crippen molar-refractivity contribution < 1.29 is 27.8 Å². The molecule has 0 saturated heterocycles. The van der Waals surface area contributed by atoms with E-state index in [1.165, 1.54) is 41.7 Å². The lowest BCUT2D eigenvalue weighted by Gasteiger charge is -2.09. The van der Waals surface area contributed by atoms with Gasteiger partial charge in [0.15, 0.2) is 0 Å². The summed E-state index contributed by atoms with van der Waals surface area (Å²) in [6, 6.07) is 9.96. The molecule has 0 aliphatic carbocycles. The van der Waals surface area contributed by atoms with Crippen LogP contribution in [0.1, 0.15) is 10.4 Å². The molecule has 0 radical (unpaired) electrons. The summed E-state index contributed by atoms with van der Waals surface area (Å²) in [6.45, 7) is 0. The third-order valence-electron chi connectivity index (χ3n) is 2.95. The first-order valence-corrected chi connectivity index (χ1v) is 7.13. The van der Waals surface area contributed by atoms with Crippen LogP contribution in [0.2, 0.25) is 0 Å². The van der Waals surface area contributed by atoms with Gasteiger partial charge in [-0.15, -0.1) is 24.5 Å². The van der Waals surface area contributed by atoms with Crippen molar-refractivity contribution in [2.45, 2.75) is 6.36 Å². The molecule has 0 aliphatic heterocycles. The third kappa shape index (κ3) is 3.42. The summed E-state index contributed by atoms with van der Waals surface area (Å²) >= 11 is 1.20. The highest BCUT2D eigenvalue weighted by atomic mass is 32.1. The summed E-state index contributed by atoms with van der Waals surface area (Å²) in [5, 5.41) is 9.46. The monoisotopic (exact) mass is 339 g/mol. The molecule has 0 saturated carbocycles. The molecule has 0 fully saturated rings. The molecule has 3 aromatic rings. The molecule has 0 unspecified atom stereocenters. The molecule has 0 spiro atoms. The lowest BCUT2D eigenvalue weighted by atomic mass is 10.2. The van der Waals surface area contributed by atoms with E-state index >= 15 is 0 Å². The SMILES string of the molecule is O=C(O)c1ccc2nc(-c3cccc(OC(F)(F)F)c3)sc2c1. The lowest BCUT2D eigenvalue weighted by molar-refractivity contribution is -0.274. The Morgan fingerprint density at radius 2 is 1.96 bits per heavy atom. The van der Waals surface area contributed by atoms with Crippen molar-refractivity contribution in [2.75, 3.05) is 0 Å². The van der Waals surface area contributed by atoms with Gasteiger partial charge < -0.3 is 9.84 Å². The quantitative estimate of drug-likeness (QED) is 0.760. The zero-order valence-corrected chi connectivity index (χ0v) is 12.1. The molecule has 8 heteroatoms. The highest BCUT2D eigenvalue weighted by Crippen LogP contribution is 2.33. The van der Waals surface area contributed by atoms with E-state index < -0.39 is 12.3 Å². The van der Waals surface area contributed by atoms with E-state index in [1.54, 1.807) is 12.1 Å². The number of carbonyl (C=O) groups is 1. The number of aromatic carboxylic acids is 1. The molecular weight excluding hydrogens is 331 g/mol. The molecule has 3 rings (SSSR count). The Morgan fingerprint density at radius 3 is 2.65 bits per heavy atom. The van der Waals surface area contributed by atoms with E-state index in [2.05, 4.69) is 9.72 Å². The first-order chi connectivity index (χ1) is 10.8. The number of nitrogens with zero attached hydrogens (tertiary/aromatic N) is 1. The Kier molecular flexibility index (Phi) is 3.69. The summed E-state index contributed by atoms with van der Waals surface area (Å²) in [5.74, 6) is -1.39. The fourth-order valence-corrected chi connectivity index (χ4v) is 3.01. The number of benzene rings is 2. The standard InChI is InChI=1S/C15H8F3NO3S/c16-15(17,18)22-10-3-1-2-8(6-10)13-19-11-5-4-9(14(20)21)7-12(11)23-13/h1-7H,(H,20,21). The Labute approximate surface area is 131 Å². The van der Waals surface area contributed by atoms with E-state index in [-0.39, 0.29) is 11.3 Å². The Bertz CT molecular complexity index is 889. The molecule has 1 heterocycles. The Morgan fingerprint density at radius 1 is 1.17 bits per heavy atom. The summed E-state index contributed by atoms with van der Waals surface area (Å²) < 4.78 is 41.3. The van der Waals surface area contributed by atoms with Crippen molar-refractivity contribution >= 4 is 27.5 Å². The van der Waals surface area contributed by atoms with Gasteiger partial charge in [-0.3, -0.25) is 0 Å². The van der Waals surface area contributed by atoms with Gasteiger partial charge in [-0.2, -0.15) is 0 Å². The molecular formula is C15H8F3NO3S. The van der Waals surface area contributed by atoms with Crippen LogP contribution in [-0.2, 0) is 0 Å². The molecule has 0 aliphatic rings. The fraction of sp³-hybridized carbons (Fsp3) is 0.0667. The summed E-state index contributed by atoms with van der Waals surface area (Å²) in [7, 11) is 0. The number of thiazole rings is 1. The maximum Gasteiger partial charge on any atom is 0.573 e. The van der Waals surface area contributed by atoms with Crippen LogP contribution in [0.25, 0.3) is 20.8 Å². The predicted octanol–water partition coefficient (Wildman–Crippen LogP) is 4.56. The Balaban J connectivity index is 2.00. The molecule has 2 aromatic carbocycles. The largest absolute Gasteiger partial charge is 0.573 e. The molecule has 0 bridgehead atoms. The van der Waals surface area contributed by atoms with Gasteiger partial charge in [0.1, 0.15) is 10.8 Å². The van der Waals surface area contributed by atoms with Crippen molar-refractivity contribution in [3.05, 3.63) is 48.0 Å². The molecule has 23 heavy (non-hydrogen) atoms. The van der Waals surface area contributed by atoms with E-state index in [4.69, 9.17) is 5.11 Å². The number of hydrogen-bond donors (Lipinski definition) is 1. The van der Waals surface area contributed by atoms with Crippen LogP contribution in [0.4, 0.5) is 13.2 Å². The number of fused-ring (bicyclic) bond motifs is 1. The fourth-order valence-electron chi connectivity index (χ4n) is 2.01. The minimum atomic E-state index is -4.76. The topological polar surface area (TPSA) is 59.4 Å². The zero-order valence-electron chi connectivity index (χ0n) is 11.3. The number of ether oxygens (including phenoxy) is 1. The van der Waals surface area contributed by atoms with Gasteiger partial charge in [0, 0.05) is 5.56 Å². The van der Waals surface area contributed by atoms with Gasteiger partial charge in [-0.1, -0.05) is 12.1 Å². The number of aromatic nitrogens is 1. The second kappa shape index (κ2) is 5.54. The van der Waals surface area contributed by atoms with Crippen LogP contribution in [0.15, 0.2) is 42.5 Å². The van der Waals surface area contributed by atoms with E-state index in [1.807, 2.05) is 0 Å². The van der Waals surface area contributed by atoms with Crippen LogP contribution in [-0.4, -0.2) is 22.4 Å². The lowest BCUT2D eigenvalue weighted by Crippen LogP contribution is -2.17. The summed E-state index contributed by atoms with van der Waals surface area (Å²) in [6.07, 6.45) is -4.76. The Hall–Kier alpha value is -2.61. The minimum absolute atomic E-state index is 0.127. The van der Waals surface area contributed by atoms with E-state index in [0.29, 0.717) is 20.8 Å². The summed E-state index contributed by atoms with van der Waals surface area (Å²) in [5.41, 5.74) is 1.17. The molecule has 1 aromatic heterocycles. The number of halogens is 3. The average Bonchev–Trinajstić information content (AvgIpc) is 2.88. The van der Waals surface area contributed by atoms with Crippen molar-refractivity contribution in [1.82, 2.24) is 4.98 Å². The maximum absolute atomic E-state index is 12.3. The van der Waals surface area contributed by atoms with E-state index in [0.717, 1.165) is 0 Å². The van der Waals surface area contributed by atoms with Crippen molar-refractivity contribution in [3.63, 3.8) is 0 Å². The van der Waals surface area contributed by atoms with Gasteiger partial charge >= 0.3 is 12.3 Å². The highest BCUT2D eigenvalue weighted by molar-refractivity contribution is 7.21. The van der Waals surface area contributed by atoms with Crippen LogP contribution >= 0.6 is 11.3 Å². The van der Waals surface area contributed by atoms with Crippen molar-refractivity contribution in [1.29, 1.82) is 0 Å². The van der Waals surface area contributed by atoms with Crippen molar-refractivity contribution in [3.8, 4) is 16.3 Å². The highest BCUT2D eigenvalue weighted by Gasteiger charge is 2.31. The molecule has 0 amide bonds. The number of carboxylic acid groups (broad SMARTS) is 1. The molecule has 118 valence electrons.